The molecule has 1 amide bonds. The van der Waals surface area contributed by atoms with Gasteiger partial charge in [0.2, 0.25) is 5.91 Å². The second-order valence-electron chi connectivity index (χ2n) is 5.53. The molecular formula is C16H24N3O2+. The summed E-state index contributed by atoms with van der Waals surface area (Å²) in [5, 5.41) is 4.09. The van der Waals surface area contributed by atoms with Crippen molar-refractivity contribution in [2.75, 3.05) is 20.2 Å². The standard InChI is InChI=1S/C16H23N3O2/c1-12(17-18-13(2)20)14-6-7-16(21-3)15(10-14)11-19-8-4-5-9-19/h6-7,10H,4-5,8-9,11H2,1-3H3,(H,18,20)/p+1/b17-12-. The molecule has 0 saturated carbocycles. The van der Waals surface area contributed by atoms with Gasteiger partial charge in [0.1, 0.15) is 12.3 Å². The van der Waals surface area contributed by atoms with E-state index in [0.29, 0.717) is 0 Å². The van der Waals surface area contributed by atoms with Gasteiger partial charge >= 0.3 is 0 Å². The lowest BCUT2D eigenvalue weighted by Gasteiger charge is -2.15. The van der Waals surface area contributed by atoms with Crippen molar-refractivity contribution in [2.45, 2.75) is 33.2 Å². The lowest BCUT2D eigenvalue weighted by Crippen LogP contribution is -3.08. The normalized spacial score (nSPS) is 16.0. The fraction of sp³-hybridized carbons (Fsp3) is 0.500. The number of nitrogens with one attached hydrogen (secondary N) is 2. The first-order valence-electron chi connectivity index (χ1n) is 7.42. The Kier molecular flexibility index (Phi) is 5.33. The molecular weight excluding hydrogens is 266 g/mol. The van der Waals surface area contributed by atoms with Crippen LogP contribution in [-0.2, 0) is 11.3 Å². The van der Waals surface area contributed by atoms with Crippen LogP contribution in [0.3, 0.4) is 0 Å². The van der Waals surface area contributed by atoms with E-state index in [9.17, 15) is 4.79 Å². The first-order chi connectivity index (χ1) is 10.1. The van der Waals surface area contributed by atoms with E-state index < -0.39 is 0 Å². The number of methoxy groups -OCH3 is 1. The quantitative estimate of drug-likeness (QED) is 0.620. The first kappa shape index (κ1) is 15.5. The maximum absolute atomic E-state index is 10.9. The number of carbonyl (C=O) groups is 1. The Morgan fingerprint density at radius 3 is 2.67 bits per heavy atom. The van der Waals surface area contributed by atoms with E-state index in [1.54, 1.807) is 12.0 Å². The fourth-order valence-electron chi connectivity index (χ4n) is 2.69. The number of hydrogen-bond donors (Lipinski definition) is 2. The van der Waals surface area contributed by atoms with Crippen LogP contribution < -0.4 is 15.1 Å². The van der Waals surface area contributed by atoms with Gasteiger partial charge in [-0.2, -0.15) is 5.10 Å². The Morgan fingerprint density at radius 1 is 1.33 bits per heavy atom. The molecule has 0 atom stereocenters. The summed E-state index contributed by atoms with van der Waals surface area (Å²) in [5.74, 6) is 0.759. The number of ether oxygens (including phenoxy) is 1. The molecule has 0 bridgehead atoms. The van der Waals surface area contributed by atoms with Gasteiger partial charge in [-0.25, -0.2) is 5.43 Å². The van der Waals surface area contributed by atoms with E-state index in [1.165, 1.54) is 38.4 Å². The van der Waals surface area contributed by atoms with Crippen LogP contribution in [-0.4, -0.2) is 31.8 Å². The zero-order valence-electron chi connectivity index (χ0n) is 13.0. The highest BCUT2D eigenvalue weighted by molar-refractivity contribution is 5.99. The van der Waals surface area contributed by atoms with Crippen LogP contribution in [0.1, 0.15) is 37.8 Å². The number of hydrazone groups is 1. The minimum absolute atomic E-state index is 0.162. The average Bonchev–Trinajstić information content (AvgIpc) is 2.97. The van der Waals surface area contributed by atoms with E-state index >= 15 is 0 Å². The maximum atomic E-state index is 10.9. The highest BCUT2D eigenvalue weighted by Gasteiger charge is 2.18. The molecule has 0 aromatic heterocycles. The first-order valence-corrected chi connectivity index (χ1v) is 7.42. The van der Waals surface area contributed by atoms with Gasteiger partial charge < -0.3 is 9.64 Å². The van der Waals surface area contributed by atoms with Crippen molar-refractivity contribution < 1.29 is 14.4 Å². The SMILES string of the molecule is COc1ccc(/C(C)=N\NC(C)=O)cc1C[NH+]1CCCC1. The van der Waals surface area contributed by atoms with E-state index in [2.05, 4.69) is 16.6 Å². The lowest BCUT2D eigenvalue weighted by molar-refractivity contribution is -0.901. The van der Waals surface area contributed by atoms with Crippen LogP contribution in [0.5, 0.6) is 5.75 Å². The molecule has 1 fully saturated rings. The van der Waals surface area contributed by atoms with Gasteiger partial charge in [-0.15, -0.1) is 0 Å². The third kappa shape index (κ3) is 4.29. The maximum Gasteiger partial charge on any atom is 0.236 e. The largest absolute Gasteiger partial charge is 0.496 e. The molecule has 0 radical (unpaired) electrons. The molecule has 1 aliphatic rings. The lowest BCUT2D eigenvalue weighted by atomic mass is 10.1. The molecule has 2 rings (SSSR count). The number of carbonyl (C=O) groups excluding carboxylic acids is 1. The average molecular weight is 290 g/mol. The van der Waals surface area contributed by atoms with Crippen LogP contribution in [0.25, 0.3) is 0 Å². The van der Waals surface area contributed by atoms with Gasteiger partial charge in [0.15, 0.2) is 0 Å². The van der Waals surface area contributed by atoms with Crippen LogP contribution in [0.4, 0.5) is 0 Å². The number of quaternary nitrogens is 1. The Labute approximate surface area is 126 Å². The zero-order valence-corrected chi connectivity index (χ0v) is 13.0. The Hall–Kier alpha value is -1.88. The monoisotopic (exact) mass is 290 g/mol. The van der Waals surface area contributed by atoms with Gasteiger partial charge in [-0.1, -0.05) is 0 Å². The van der Waals surface area contributed by atoms with Gasteiger partial charge in [0.05, 0.1) is 25.9 Å². The molecule has 1 heterocycles. The Balaban J connectivity index is 2.19. The van der Waals surface area contributed by atoms with Crippen molar-refractivity contribution >= 4 is 11.6 Å². The minimum Gasteiger partial charge on any atom is -0.496 e. The Morgan fingerprint density at radius 2 is 2.05 bits per heavy atom. The summed E-state index contributed by atoms with van der Waals surface area (Å²) in [4.78, 5) is 12.5. The number of rotatable bonds is 5. The number of nitrogens with zero attached hydrogens (tertiary/aromatic N) is 1. The van der Waals surface area contributed by atoms with Crippen LogP contribution in [0.2, 0.25) is 0 Å². The molecule has 0 spiro atoms. The van der Waals surface area contributed by atoms with Crippen molar-refractivity contribution in [3.05, 3.63) is 29.3 Å². The highest BCUT2D eigenvalue weighted by Crippen LogP contribution is 2.20. The number of amides is 1. The van der Waals surface area contributed by atoms with Gasteiger partial charge in [0, 0.05) is 25.3 Å². The molecule has 1 aromatic carbocycles. The molecule has 5 nitrogen and oxygen atoms in total. The second-order valence-corrected chi connectivity index (χ2v) is 5.53. The number of hydrogen-bond acceptors (Lipinski definition) is 3. The van der Waals surface area contributed by atoms with E-state index in [1.807, 2.05) is 19.1 Å². The predicted molar refractivity (Wildman–Crippen MR) is 82.7 cm³/mol. The molecule has 0 unspecified atom stereocenters. The fourth-order valence-corrected chi connectivity index (χ4v) is 2.69. The van der Waals surface area contributed by atoms with Gasteiger partial charge in [-0.3, -0.25) is 4.79 Å². The van der Waals surface area contributed by atoms with E-state index in [0.717, 1.165) is 23.6 Å². The van der Waals surface area contributed by atoms with Crippen LogP contribution >= 0.6 is 0 Å². The molecule has 0 aliphatic carbocycles. The van der Waals surface area contributed by atoms with Crippen LogP contribution in [0, 0.1) is 0 Å². The summed E-state index contributed by atoms with van der Waals surface area (Å²) in [7, 11) is 1.70. The van der Waals surface area contributed by atoms with Crippen LogP contribution in [0.15, 0.2) is 23.3 Å². The number of likely N-dealkylation sites (tertiary alicyclic amines) is 1. The van der Waals surface area contributed by atoms with E-state index in [4.69, 9.17) is 4.74 Å². The summed E-state index contributed by atoms with van der Waals surface area (Å²) in [5.41, 5.74) is 5.48. The highest BCUT2D eigenvalue weighted by atomic mass is 16.5. The topological polar surface area (TPSA) is 55.1 Å². The Bertz CT molecular complexity index is 534. The minimum atomic E-state index is -0.162. The summed E-state index contributed by atoms with van der Waals surface area (Å²) in [6, 6.07) is 6.07. The molecule has 21 heavy (non-hydrogen) atoms. The molecule has 114 valence electrons. The third-order valence-corrected chi connectivity index (χ3v) is 3.83. The van der Waals surface area contributed by atoms with Gasteiger partial charge in [-0.05, 0) is 30.7 Å². The third-order valence-electron chi connectivity index (χ3n) is 3.83. The second kappa shape index (κ2) is 7.22. The van der Waals surface area contributed by atoms with Crippen molar-refractivity contribution in [1.82, 2.24) is 5.43 Å². The smallest absolute Gasteiger partial charge is 0.236 e. The van der Waals surface area contributed by atoms with Crippen molar-refractivity contribution in [2.24, 2.45) is 5.10 Å². The van der Waals surface area contributed by atoms with E-state index in [-0.39, 0.29) is 5.91 Å². The van der Waals surface area contributed by atoms with Crippen molar-refractivity contribution in [1.29, 1.82) is 0 Å². The summed E-state index contributed by atoms with van der Waals surface area (Å²) >= 11 is 0. The molecule has 1 aliphatic heterocycles. The predicted octanol–water partition coefficient (Wildman–Crippen LogP) is 0.734. The van der Waals surface area contributed by atoms with Gasteiger partial charge in [0.25, 0.3) is 0 Å². The van der Waals surface area contributed by atoms with Crippen molar-refractivity contribution in [3.63, 3.8) is 0 Å². The molecule has 2 N–H and O–H groups in total. The summed E-state index contributed by atoms with van der Waals surface area (Å²) in [6.07, 6.45) is 2.61. The van der Waals surface area contributed by atoms with Crippen molar-refractivity contribution in [3.8, 4) is 5.75 Å². The molecule has 1 aromatic rings. The molecule has 1 saturated heterocycles. The molecule has 5 heteroatoms. The summed E-state index contributed by atoms with van der Waals surface area (Å²) in [6.45, 7) is 6.78. The zero-order chi connectivity index (χ0) is 15.2. The summed E-state index contributed by atoms with van der Waals surface area (Å²) < 4.78 is 5.47. The number of benzene rings is 1.